The molecule has 0 saturated heterocycles. The van der Waals surface area contributed by atoms with Crippen LogP contribution in [0.3, 0.4) is 0 Å². The van der Waals surface area contributed by atoms with Gasteiger partial charge in [-0.2, -0.15) is 0 Å². The van der Waals surface area contributed by atoms with Crippen molar-refractivity contribution in [2.45, 2.75) is 0 Å². The first kappa shape index (κ1) is 10.6. The number of rotatable bonds is 2. The number of benzene rings is 2. The third-order valence-corrected chi connectivity index (χ3v) is 2.85. The lowest BCUT2D eigenvalue weighted by atomic mass is 10.1. The molecular formula is C15H13N3. The highest BCUT2D eigenvalue weighted by Gasteiger charge is 2.06. The molecule has 3 N–H and O–H groups in total. The van der Waals surface area contributed by atoms with Crippen LogP contribution in [0.15, 0.2) is 60.8 Å². The SMILES string of the molecule is Nc1cnc2ccccc2c1Nc1ccccc1. The van der Waals surface area contributed by atoms with E-state index in [1.165, 1.54) is 0 Å². The van der Waals surface area contributed by atoms with Gasteiger partial charge in [-0.1, -0.05) is 36.4 Å². The molecule has 88 valence electrons. The predicted octanol–water partition coefficient (Wildman–Crippen LogP) is 3.56. The monoisotopic (exact) mass is 235 g/mol. The van der Waals surface area contributed by atoms with Crippen LogP contribution in [0.2, 0.25) is 0 Å². The van der Waals surface area contributed by atoms with Crippen LogP contribution in [-0.4, -0.2) is 4.98 Å². The molecule has 0 spiro atoms. The van der Waals surface area contributed by atoms with E-state index in [0.717, 1.165) is 22.3 Å². The zero-order valence-corrected chi connectivity index (χ0v) is 9.80. The minimum atomic E-state index is 0.651. The number of hydrogen-bond acceptors (Lipinski definition) is 3. The van der Waals surface area contributed by atoms with Gasteiger partial charge in [0, 0.05) is 11.1 Å². The van der Waals surface area contributed by atoms with Crippen LogP contribution >= 0.6 is 0 Å². The van der Waals surface area contributed by atoms with Gasteiger partial charge in [-0.15, -0.1) is 0 Å². The van der Waals surface area contributed by atoms with Crippen molar-refractivity contribution in [3.8, 4) is 0 Å². The summed E-state index contributed by atoms with van der Waals surface area (Å²) in [6.07, 6.45) is 1.69. The fraction of sp³-hybridized carbons (Fsp3) is 0. The quantitative estimate of drug-likeness (QED) is 0.714. The lowest BCUT2D eigenvalue weighted by Crippen LogP contribution is -1.98. The van der Waals surface area contributed by atoms with Crippen molar-refractivity contribution in [3.63, 3.8) is 0 Å². The second kappa shape index (κ2) is 4.37. The number of anilines is 3. The molecule has 3 nitrogen and oxygen atoms in total. The molecule has 18 heavy (non-hydrogen) atoms. The zero-order valence-electron chi connectivity index (χ0n) is 9.80. The Morgan fingerprint density at radius 2 is 1.61 bits per heavy atom. The van der Waals surface area contributed by atoms with Gasteiger partial charge in [0.15, 0.2) is 0 Å². The molecule has 0 aliphatic heterocycles. The molecule has 0 amide bonds. The van der Waals surface area contributed by atoms with Crippen molar-refractivity contribution >= 4 is 28.0 Å². The Balaban J connectivity index is 2.13. The summed E-state index contributed by atoms with van der Waals surface area (Å²) in [5.74, 6) is 0. The molecule has 0 unspecified atom stereocenters. The number of nitrogens with one attached hydrogen (secondary N) is 1. The summed E-state index contributed by atoms with van der Waals surface area (Å²) in [6.45, 7) is 0. The molecule has 0 saturated carbocycles. The van der Waals surface area contributed by atoms with E-state index in [0.29, 0.717) is 5.69 Å². The number of pyridine rings is 1. The Morgan fingerprint density at radius 3 is 2.44 bits per heavy atom. The molecule has 1 heterocycles. The van der Waals surface area contributed by atoms with Crippen LogP contribution in [0.5, 0.6) is 0 Å². The number of nitrogens with zero attached hydrogens (tertiary/aromatic N) is 1. The molecule has 0 atom stereocenters. The third kappa shape index (κ3) is 1.86. The van der Waals surface area contributed by atoms with Crippen molar-refractivity contribution < 1.29 is 0 Å². The molecule has 0 aliphatic carbocycles. The van der Waals surface area contributed by atoms with Crippen molar-refractivity contribution in [1.82, 2.24) is 4.98 Å². The predicted molar refractivity (Wildman–Crippen MR) is 75.9 cm³/mol. The van der Waals surface area contributed by atoms with E-state index in [9.17, 15) is 0 Å². The number of fused-ring (bicyclic) bond motifs is 1. The summed E-state index contributed by atoms with van der Waals surface area (Å²) in [5, 5.41) is 4.38. The van der Waals surface area contributed by atoms with Crippen molar-refractivity contribution in [3.05, 3.63) is 60.8 Å². The smallest absolute Gasteiger partial charge is 0.0746 e. The maximum atomic E-state index is 6.01. The maximum Gasteiger partial charge on any atom is 0.0746 e. The molecule has 3 aromatic rings. The van der Waals surface area contributed by atoms with Gasteiger partial charge < -0.3 is 11.1 Å². The van der Waals surface area contributed by atoms with E-state index < -0.39 is 0 Å². The molecule has 0 aliphatic rings. The van der Waals surface area contributed by atoms with Gasteiger partial charge in [0.05, 0.1) is 23.1 Å². The minimum absolute atomic E-state index is 0.651. The summed E-state index contributed by atoms with van der Waals surface area (Å²) in [6, 6.07) is 17.9. The number of para-hydroxylation sites is 2. The topological polar surface area (TPSA) is 50.9 Å². The molecule has 0 fully saturated rings. The first-order valence-electron chi connectivity index (χ1n) is 5.80. The Bertz CT molecular complexity index is 678. The highest BCUT2D eigenvalue weighted by Crippen LogP contribution is 2.30. The Kier molecular flexibility index (Phi) is 2.57. The fourth-order valence-electron chi connectivity index (χ4n) is 1.96. The summed E-state index contributed by atoms with van der Waals surface area (Å²) >= 11 is 0. The Morgan fingerprint density at radius 1 is 0.889 bits per heavy atom. The van der Waals surface area contributed by atoms with Crippen LogP contribution in [-0.2, 0) is 0 Å². The van der Waals surface area contributed by atoms with E-state index in [-0.39, 0.29) is 0 Å². The number of aromatic nitrogens is 1. The second-order valence-corrected chi connectivity index (χ2v) is 4.10. The van der Waals surface area contributed by atoms with Gasteiger partial charge in [0.1, 0.15) is 0 Å². The average molecular weight is 235 g/mol. The summed E-state index contributed by atoms with van der Waals surface area (Å²) < 4.78 is 0. The second-order valence-electron chi connectivity index (χ2n) is 4.10. The largest absolute Gasteiger partial charge is 0.396 e. The summed E-state index contributed by atoms with van der Waals surface area (Å²) in [7, 11) is 0. The molecular weight excluding hydrogens is 222 g/mol. The zero-order chi connectivity index (χ0) is 12.4. The van der Waals surface area contributed by atoms with Crippen molar-refractivity contribution in [1.29, 1.82) is 0 Å². The summed E-state index contributed by atoms with van der Waals surface area (Å²) in [4.78, 5) is 4.32. The van der Waals surface area contributed by atoms with E-state index in [1.807, 2.05) is 54.6 Å². The van der Waals surface area contributed by atoms with Gasteiger partial charge in [0.2, 0.25) is 0 Å². The van der Waals surface area contributed by atoms with E-state index in [2.05, 4.69) is 10.3 Å². The minimum Gasteiger partial charge on any atom is -0.396 e. The normalized spacial score (nSPS) is 10.4. The Labute approximate surface area is 105 Å². The average Bonchev–Trinajstić information content (AvgIpc) is 2.43. The van der Waals surface area contributed by atoms with E-state index in [1.54, 1.807) is 6.20 Å². The first-order chi connectivity index (χ1) is 8.84. The van der Waals surface area contributed by atoms with E-state index in [4.69, 9.17) is 5.73 Å². The molecule has 2 aromatic carbocycles. The molecule has 1 aromatic heterocycles. The van der Waals surface area contributed by atoms with Crippen LogP contribution in [0.25, 0.3) is 10.9 Å². The van der Waals surface area contributed by atoms with Gasteiger partial charge >= 0.3 is 0 Å². The Hall–Kier alpha value is -2.55. The molecule has 0 radical (unpaired) electrons. The van der Waals surface area contributed by atoms with Gasteiger partial charge in [-0.3, -0.25) is 4.98 Å². The molecule has 0 bridgehead atoms. The van der Waals surface area contributed by atoms with Crippen LogP contribution in [0.4, 0.5) is 17.1 Å². The van der Waals surface area contributed by atoms with Gasteiger partial charge in [-0.05, 0) is 18.2 Å². The van der Waals surface area contributed by atoms with Crippen molar-refractivity contribution in [2.75, 3.05) is 11.1 Å². The number of hydrogen-bond donors (Lipinski definition) is 2. The lowest BCUT2D eigenvalue weighted by Gasteiger charge is -2.11. The van der Waals surface area contributed by atoms with Gasteiger partial charge in [-0.25, -0.2) is 0 Å². The van der Waals surface area contributed by atoms with Crippen LogP contribution in [0.1, 0.15) is 0 Å². The van der Waals surface area contributed by atoms with Gasteiger partial charge in [0.25, 0.3) is 0 Å². The van der Waals surface area contributed by atoms with E-state index >= 15 is 0 Å². The maximum absolute atomic E-state index is 6.01. The third-order valence-electron chi connectivity index (χ3n) is 2.85. The highest BCUT2D eigenvalue weighted by molar-refractivity contribution is 5.98. The number of nitrogens with two attached hydrogens (primary N) is 1. The standard InChI is InChI=1S/C15H13N3/c16-13-10-17-14-9-5-4-8-12(14)15(13)18-11-6-2-1-3-7-11/h1-10H,16H2,(H,17,18). The molecule has 3 heteroatoms. The highest BCUT2D eigenvalue weighted by atomic mass is 14.9. The van der Waals surface area contributed by atoms with Crippen LogP contribution < -0.4 is 11.1 Å². The summed E-state index contributed by atoms with van der Waals surface area (Å²) in [5.41, 5.74) is 9.52. The first-order valence-corrected chi connectivity index (χ1v) is 5.80. The number of nitrogen functional groups attached to an aromatic ring is 1. The van der Waals surface area contributed by atoms with Crippen molar-refractivity contribution in [2.24, 2.45) is 0 Å². The van der Waals surface area contributed by atoms with Crippen LogP contribution in [0, 0.1) is 0 Å². The molecule has 3 rings (SSSR count). The fourth-order valence-corrected chi connectivity index (χ4v) is 1.96. The lowest BCUT2D eigenvalue weighted by molar-refractivity contribution is 1.40.